The van der Waals surface area contributed by atoms with Crippen molar-refractivity contribution in [2.45, 2.75) is 13.5 Å². The predicted octanol–water partition coefficient (Wildman–Crippen LogP) is 4.55. The van der Waals surface area contributed by atoms with Crippen molar-refractivity contribution in [2.75, 3.05) is 31.1 Å². The molecule has 1 amide bonds. The molecule has 0 unspecified atom stereocenters. The van der Waals surface area contributed by atoms with Crippen molar-refractivity contribution in [2.24, 2.45) is 0 Å². The number of piperazine rings is 1. The number of para-hydroxylation sites is 2. The van der Waals surface area contributed by atoms with Crippen LogP contribution in [0.5, 0.6) is 0 Å². The summed E-state index contributed by atoms with van der Waals surface area (Å²) in [6.07, 6.45) is 0. The van der Waals surface area contributed by atoms with Gasteiger partial charge in [0.25, 0.3) is 5.89 Å². The van der Waals surface area contributed by atoms with E-state index in [9.17, 15) is 9.18 Å². The molecule has 6 rings (SSSR count). The molecule has 0 N–H and O–H groups in total. The molecule has 1 aliphatic rings. The lowest BCUT2D eigenvalue weighted by atomic mass is 10.1. The molecule has 2 aromatic heterocycles. The Morgan fingerprint density at radius 1 is 0.973 bits per heavy atom. The molecule has 1 saturated heterocycles. The number of rotatable bonds is 5. The third-order valence-corrected chi connectivity index (χ3v) is 6.67. The molecule has 0 saturated carbocycles. The summed E-state index contributed by atoms with van der Waals surface area (Å²) in [5.41, 5.74) is 3.89. The van der Waals surface area contributed by atoms with Crippen LogP contribution < -0.4 is 4.90 Å². The van der Waals surface area contributed by atoms with E-state index in [4.69, 9.17) is 9.62 Å². The maximum Gasteiger partial charge on any atom is 0.279 e. The summed E-state index contributed by atoms with van der Waals surface area (Å²) in [5, 5.41) is 9.69. The maximum absolute atomic E-state index is 14.2. The molecule has 9 heteroatoms. The van der Waals surface area contributed by atoms with Gasteiger partial charge in [0.2, 0.25) is 11.7 Å². The largest absolute Gasteiger partial charge is 0.366 e. The lowest BCUT2D eigenvalue weighted by molar-refractivity contribution is -0.132. The van der Waals surface area contributed by atoms with Crippen LogP contribution in [-0.2, 0) is 11.3 Å². The van der Waals surface area contributed by atoms with E-state index in [1.165, 1.54) is 6.07 Å². The average molecular weight is 497 g/mol. The van der Waals surface area contributed by atoms with Crippen molar-refractivity contribution < 1.29 is 13.7 Å². The van der Waals surface area contributed by atoms with Gasteiger partial charge in [0, 0.05) is 37.1 Å². The highest BCUT2D eigenvalue weighted by molar-refractivity contribution is 5.92. The van der Waals surface area contributed by atoms with Crippen molar-refractivity contribution in [3.8, 4) is 23.0 Å². The number of hydrogen-bond acceptors (Lipinski definition) is 6. The Balaban J connectivity index is 1.21. The molecule has 186 valence electrons. The molecule has 8 nitrogen and oxygen atoms in total. The first-order chi connectivity index (χ1) is 18.1. The summed E-state index contributed by atoms with van der Waals surface area (Å²) in [6.45, 7) is 4.27. The fraction of sp³-hybridized carbons (Fsp3) is 0.214. The van der Waals surface area contributed by atoms with Gasteiger partial charge < -0.3 is 14.3 Å². The van der Waals surface area contributed by atoms with E-state index in [-0.39, 0.29) is 18.3 Å². The number of anilines is 1. The van der Waals surface area contributed by atoms with Crippen LogP contribution in [0.2, 0.25) is 0 Å². The number of amides is 1. The summed E-state index contributed by atoms with van der Waals surface area (Å²) in [7, 11) is 0. The van der Waals surface area contributed by atoms with Crippen LogP contribution in [-0.4, -0.2) is 56.9 Å². The smallest absolute Gasteiger partial charge is 0.279 e. The molecule has 0 atom stereocenters. The number of nitrogens with zero attached hydrogens (tertiary/aromatic N) is 6. The lowest BCUT2D eigenvalue weighted by Crippen LogP contribution is -2.49. The van der Waals surface area contributed by atoms with Gasteiger partial charge in [0.15, 0.2) is 5.69 Å². The minimum atomic E-state index is -0.246. The number of carbonyl (C=O) groups is 1. The van der Waals surface area contributed by atoms with Crippen LogP contribution in [0.1, 0.15) is 5.56 Å². The average Bonchev–Trinajstić information content (AvgIpc) is 3.55. The predicted molar refractivity (Wildman–Crippen MR) is 138 cm³/mol. The fourth-order valence-electron chi connectivity index (χ4n) is 4.76. The monoisotopic (exact) mass is 496 g/mol. The molecule has 0 spiro atoms. The van der Waals surface area contributed by atoms with Crippen LogP contribution in [0, 0.1) is 12.7 Å². The first-order valence-corrected chi connectivity index (χ1v) is 12.2. The van der Waals surface area contributed by atoms with Gasteiger partial charge in [0.1, 0.15) is 12.4 Å². The topological polar surface area (TPSA) is 80.3 Å². The number of benzene rings is 3. The SMILES string of the molecule is Cc1cccc(-c2noc(-c3nn(CC(=O)N4CCN(c5ccccc5F)CC4)c4ccccc34)n2)c1. The highest BCUT2D eigenvalue weighted by Crippen LogP contribution is 2.29. The van der Waals surface area contributed by atoms with E-state index in [2.05, 4.69) is 10.1 Å². The summed E-state index contributed by atoms with van der Waals surface area (Å²) >= 11 is 0. The number of halogens is 1. The number of fused-ring (bicyclic) bond motifs is 1. The van der Waals surface area contributed by atoms with Gasteiger partial charge in [-0.1, -0.05) is 59.3 Å². The second-order valence-electron chi connectivity index (χ2n) is 9.14. The van der Waals surface area contributed by atoms with Gasteiger partial charge in [-0.05, 0) is 31.2 Å². The van der Waals surface area contributed by atoms with Crippen LogP contribution in [0.4, 0.5) is 10.1 Å². The zero-order valence-corrected chi connectivity index (χ0v) is 20.3. The molecule has 0 bridgehead atoms. The van der Waals surface area contributed by atoms with Crippen LogP contribution in [0.25, 0.3) is 33.9 Å². The van der Waals surface area contributed by atoms with Gasteiger partial charge in [-0.25, -0.2) is 4.39 Å². The molecule has 0 aliphatic carbocycles. The van der Waals surface area contributed by atoms with Gasteiger partial charge in [-0.3, -0.25) is 9.48 Å². The third-order valence-electron chi connectivity index (χ3n) is 6.67. The standard InChI is InChI=1S/C28H25FN6O2/c1-19-7-6-8-20(17-19)27-30-28(37-32-27)26-21-9-2-4-11-23(21)35(31-26)18-25(36)34-15-13-33(14-16-34)24-12-5-3-10-22(24)29/h2-12,17H,13-16,18H2,1H3. The van der Waals surface area contributed by atoms with Gasteiger partial charge in [-0.2, -0.15) is 10.1 Å². The van der Waals surface area contributed by atoms with Crippen molar-refractivity contribution in [3.05, 3.63) is 84.2 Å². The third kappa shape index (κ3) is 4.44. The van der Waals surface area contributed by atoms with Crippen LogP contribution in [0.3, 0.4) is 0 Å². The Morgan fingerprint density at radius 3 is 2.57 bits per heavy atom. The van der Waals surface area contributed by atoms with Crippen LogP contribution in [0.15, 0.2) is 77.3 Å². The minimum absolute atomic E-state index is 0.0426. The summed E-state index contributed by atoms with van der Waals surface area (Å²) in [5.74, 6) is 0.502. The molecule has 3 aromatic carbocycles. The summed E-state index contributed by atoms with van der Waals surface area (Å²) in [6, 6.07) is 22.3. The first kappa shape index (κ1) is 22.9. The molecule has 3 heterocycles. The first-order valence-electron chi connectivity index (χ1n) is 12.2. The van der Waals surface area contributed by atoms with Crippen molar-refractivity contribution in [1.82, 2.24) is 24.8 Å². The van der Waals surface area contributed by atoms with E-state index in [1.807, 2.05) is 66.4 Å². The molecule has 37 heavy (non-hydrogen) atoms. The Morgan fingerprint density at radius 2 is 1.76 bits per heavy atom. The number of hydrogen-bond donors (Lipinski definition) is 0. The maximum atomic E-state index is 14.2. The molecule has 5 aromatic rings. The second kappa shape index (κ2) is 9.50. The second-order valence-corrected chi connectivity index (χ2v) is 9.14. The Bertz CT molecular complexity index is 1580. The Kier molecular flexibility index (Phi) is 5.88. The van der Waals surface area contributed by atoms with Gasteiger partial charge in [-0.15, -0.1) is 0 Å². The number of carbonyl (C=O) groups excluding carboxylic acids is 1. The lowest BCUT2D eigenvalue weighted by Gasteiger charge is -2.36. The van der Waals surface area contributed by atoms with E-state index < -0.39 is 0 Å². The van der Waals surface area contributed by atoms with Crippen molar-refractivity contribution in [1.29, 1.82) is 0 Å². The molecule has 1 aliphatic heterocycles. The molecular weight excluding hydrogens is 471 g/mol. The normalized spacial score (nSPS) is 13.9. The quantitative estimate of drug-likeness (QED) is 0.355. The van der Waals surface area contributed by atoms with Crippen molar-refractivity contribution in [3.63, 3.8) is 0 Å². The number of aromatic nitrogens is 4. The zero-order chi connectivity index (χ0) is 25.4. The molecule has 1 fully saturated rings. The highest BCUT2D eigenvalue weighted by atomic mass is 19.1. The van der Waals surface area contributed by atoms with Crippen molar-refractivity contribution >= 4 is 22.5 Å². The van der Waals surface area contributed by atoms with E-state index in [1.54, 1.807) is 21.7 Å². The summed E-state index contributed by atoms with van der Waals surface area (Å²) in [4.78, 5) is 21.6. The number of aryl methyl sites for hydroxylation is 1. The molecular formula is C28H25FN6O2. The zero-order valence-electron chi connectivity index (χ0n) is 20.3. The Hall–Kier alpha value is -4.53. The summed E-state index contributed by atoms with van der Waals surface area (Å²) < 4.78 is 21.4. The van der Waals surface area contributed by atoms with E-state index in [0.717, 1.165) is 22.0 Å². The minimum Gasteiger partial charge on any atom is -0.366 e. The van der Waals surface area contributed by atoms with Gasteiger partial charge in [0.05, 0.1) is 11.2 Å². The molecule has 0 radical (unpaired) electrons. The van der Waals surface area contributed by atoms with Gasteiger partial charge >= 0.3 is 0 Å². The highest BCUT2D eigenvalue weighted by Gasteiger charge is 2.25. The van der Waals surface area contributed by atoms with E-state index >= 15 is 0 Å². The van der Waals surface area contributed by atoms with E-state index in [0.29, 0.717) is 49.3 Å². The fourth-order valence-corrected chi connectivity index (χ4v) is 4.76. The Labute approximate surface area is 212 Å². The van der Waals surface area contributed by atoms with Crippen LogP contribution >= 0.6 is 0 Å².